The van der Waals surface area contributed by atoms with Crippen LogP contribution in [0.4, 0.5) is 0 Å². The molecule has 0 saturated carbocycles. The van der Waals surface area contributed by atoms with Crippen LogP contribution in [0.1, 0.15) is 11.8 Å². The molecule has 27 heavy (non-hydrogen) atoms. The average molecular weight is 408 g/mol. The normalized spacial score (nSPS) is 17.5. The maximum absolute atomic E-state index is 12.7. The highest BCUT2D eigenvalue weighted by molar-refractivity contribution is 7.89. The number of nitrogens with one attached hydrogen (secondary N) is 1. The fraction of sp³-hybridized carbons (Fsp3) is 0.421. The van der Waals surface area contributed by atoms with Gasteiger partial charge < -0.3 is 5.32 Å². The molecule has 0 aliphatic carbocycles. The van der Waals surface area contributed by atoms with Crippen LogP contribution in [-0.4, -0.2) is 62.3 Å². The van der Waals surface area contributed by atoms with E-state index in [1.54, 1.807) is 41.7 Å². The van der Waals surface area contributed by atoms with Crippen LogP contribution in [-0.2, 0) is 21.2 Å². The number of rotatable bonds is 7. The number of thiophene rings is 1. The van der Waals surface area contributed by atoms with E-state index in [9.17, 15) is 13.2 Å². The van der Waals surface area contributed by atoms with Gasteiger partial charge in [-0.2, -0.15) is 4.31 Å². The molecule has 8 heteroatoms. The summed E-state index contributed by atoms with van der Waals surface area (Å²) in [4.78, 5) is 16.0. The van der Waals surface area contributed by atoms with Crippen molar-refractivity contribution in [3.05, 3.63) is 52.7 Å². The maximum atomic E-state index is 12.7. The molecule has 1 aromatic heterocycles. The highest BCUT2D eigenvalue weighted by Crippen LogP contribution is 2.18. The molecule has 0 radical (unpaired) electrons. The van der Waals surface area contributed by atoms with Gasteiger partial charge in [-0.15, -0.1) is 11.3 Å². The Morgan fingerprint density at radius 2 is 1.81 bits per heavy atom. The second-order valence-corrected chi connectivity index (χ2v) is 9.52. The zero-order valence-electron chi connectivity index (χ0n) is 15.4. The summed E-state index contributed by atoms with van der Waals surface area (Å²) < 4.78 is 26.9. The van der Waals surface area contributed by atoms with E-state index in [-0.39, 0.29) is 11.9 Å². The lowest BCUT2D eigenvalue weighted by Crippen LogP contribution is -2.55. The van der Waals surface area contributed by atoms with Gasteiger partial charge in [0.25, 0.3) is 0 Å². The molecule has 6 nitrogen and oxygen atoms in total. The standard InChI is InChI=1S/C19H25N3O3S2/c1-16(19(23)20-10-9-17-6-5-15-26-17)21-11-13-22(14-12-21)27(24,25)18-7-3-2-4-8-18/h2-8,15-16H,9-14H2,1H3,(H,20,23). The summed E-state index contributed by atoms with van der Waals surface area (Å²) in [6, 6.07) is 12.3. The molecule has 2 heterocycles. The van der Waals surface area contributed by atoms with Crippen molar-refractivity contribution in [3.8, 4) is 0 Å². The van der Waals surface area contributed by atoms with Crippen molar-refractivity contribution in [1.29, 1.82) is 0 Å². The predicted molar refractivity (Wildman–Crippen MR) is 107 cm³/mol. The number of hydrogen-bond donors (Lipinski definition) is 1. The first kappa shape index (κ1) is 20.0. The molecule has 1 aromatic carbocycles. The highest BCUT2D eigenvalue weighted by Gasteiger charge is 2.31. The van der Waals surface area contributed by atoms with Crippen molar-refractivity contribution in [3.63, 3.8) is 0 Å². The molecule has 146 valence electrons. The molecule has 1 aliphatic heterocycles. The molecule has 1 fully saturated rings. The van der Waals surface area contributed by atoms with Crippen molar-refractivity contribution in [2.24, 2.45) is 0 Å². The van der Waals surface area contributed by atoms with Crippen molar-refractivity contribution in [2.45, 2.75) is 24.3 Å². The van der Waals surface area contributed by atoms with Crippen LogP contribution >= 0.6 is 11.3 Å². The molecular weight excluding hydrogens is 382 g/mol. The Kier molecular flexibility index (Phi) is 6.64. The van der Waals surface area contributed by atoms with Crippen molar-refractivity contribution >= 4 is 27.3 Å². The first-order chi connectivity index (χ1) is 13.0. The summed E-state index contributed by atoms with van der Waals surface area (Å²) >= 11 is 1.69. The Labute approximate surface area is 164 Å². The molecule has 3 rings (SSSR count). The minimum absolute atomic E-state index is 0.00840. The summed E-state index contributed by atoms with van der Waals surface area (Å²) in [6.45, 7) is 4.37. The van der Waals surface area contributed by atoms with Gasteiger partial charge in [-0.1, -0.05) is 24.3 Å². The van der Waals surface area contributed by atoms with E-state index in [0.717, 1.165) is 6.42 Å². The molecule has 0 bridgehead atoms. The molecule has 1 N–H and O–H groups in total. The van der Waals surface area contributed by atoms with Gasteiger partial charge in [0.2, 0.25) is 15.9 Å². The summed E-state index contributed by atoms with van der Waals surface area (Å²) in [6.07, 6.45) is 0.833. The van der Waals surface area contributed by atoms with Gasteiger partial charge in [-0.3, -0.25) is 9.69 Å². The Bertz CT molecular complexity index is 830. The smallest absolute Gasteiger partial charge is 0.243 e. The van der Waals surface area contributed by atoms with Crippen LogP contribution in [0, 0.1) is 0 Å². The van der Waals surface area contributed by atoms with Crippen LogP contribution in [0.2, 0.25) is 0 Å². The number of amides is 1. The third-order valence-corrected chi connectivity index (χ3v) is 7.68. The van der Waals surface area contributed by atoms with E-state index in [1.807, 2.05) is 23.3 Å². The quantitative estimate of drug-likeness (QED) is 0.760. The van der Waals surface area contributed by atoms with Crippen molar-refractivity contribution in [1.82, 2.24) is 14.5 Å². The van der Waals surface area contributed by atoms with Crippen LogP contribution in [0.5, 0.6) is 0 Å². The van der Waals surface area contributed by atoms with Crippen molar-refractivity contribution < 1.29 is 13.2 Å². The summed E-state index contributed by atoms with van der Waals surface area (Å²) in [5.74, 6) is -0.00840. The van der Waals surface area contributed by atoms with Gasteiger partial charge in [-0.05, 0) is 36.9 Å². The van der Waals surface area contributed by atoms with Crippen LogP contribution in [0.15, 0.2) is 52.7 Å². The lowest BCUT2D eigenvalue weighted by atomic mass is 10.2. The molecule has 2 aromatic rings. The molecule has 1 aliphatic rings. The predicted octanol–water partition coefficient (Wildman–Crippen LogP) is 1.80. The number of piperazine rings is 1. The zero-order chi connectivity index (χ0) is 19.3. The SMILES string of the molecule is CC(C(=O)NCCc1cccs1)N1CCN(S(=O)(=O)c2ccccc2)CC1. The molecule has 1 atom stereocenters. The monoisotopic (exact) mass is 407 g/mol. The van der Waals surface area contributed by atoms with E-state index in [2.05, 4.69) is 11.4 Å². The van der Waals surface area contributed by atoms with E-state index in [4.69, 9.17) is 0 Å². The Morgan fingerprint density at radius 1 is 1.11 bits per heavy atom. The first-order valence-corrected chi connectivity index (χ1v) is 11.4. The Balaban J connectivity index is 1.48. The highest BCUT2D eigenvalue weighted by atomic mass is 32.2. The third kappa shape index (κ3) is 4.95. The number of hydrogen-bond acceptors (Lipinski definition) is 5. The van der Waals surface area contributed by atoms with E-state index in [0.29, 0.717) is 37.6 Å². The minimum Gasteiger partial charge on any atom is -0.354 e. The minimum atomic E-state index is -3.46. The van der Waals surface area contributed by atoms with Crippen LogP contribution < -0.4 is 5.32 Å². The second kappa shape index (κ2) is 8.97. The summed E-state index contributed by atoms with van der Waals surface area (Å²) in [7, 11) is -3.46. The van der Waals surface area contributed by atoms with Crippen molar-refractivity contribution in [2.75, 3.05) is 32.7 Å². The summed E-state index contributed by atoms with van der Waals surface area (Å²) in [5.41, 5.74) is 0. The largest absolute Gasteiger partial charge is 0.354 e. The third-order valence-electron chi connectivity index (χ3n) is 4.83. The fourth-order valence-electron chi connectivity index (χ4n) is 3.15. The van der Waals surface area contributed by atoms with E-state index in [1.165, 1.54) is 9.18 Å². The number of carbonyl (C=O) groups excluding carboxylic acids is 1. The number of sulfonamides is 1. The van der Waals surface area contributed by atoms with Gasteiger partial charge >= 0.3 is 0 Å². The lowest BCUT2D eigenvalue weighted by molar-refractivity contribution is -0.126. The maximum Gasteiger partial charge on any atom is 0.243 e. The summed E-state index contributed by atoms with van der Waals surface area (Å²) in [5, 5.41) is 5.01. The van der Waals surface area contributed by atoms with E-state index < -0.39 is 10.0 Å². The van der Waals surface area contributed by atoms with Gasteiger partial charge in [0.15, 0.2) is 0 Å². The molecule has 1 unspecified atom stereocenters. The van der Waals surface area contributed by atoms with Gasteiger partial charge in [0.05, 0.1) is 10.9 Å². The molecular formula is C19H25N3O3S2. The van der Waals surface area contributed by atoms with Crippen LogP contribution in [0.25, 0.3) is 0 Å². The molecule has 1 saturated heterocycles. The fourth-order valence-corrected chi connectivity index (χ4v) is 5.30. The number of benzene rings is 1. The average Bonchev–Trinajstić information content (AvgIpc) is 3.21. The van der Waals surface area contributed by atoms with E-state index >= 15 is 0 Å². The number of nitrogens with zero attached hydrogens (tertiary/aromatic N) is 2. The van der Waals surface area contributed by atoms with Crippen LogP contribution in [0.3, 0.4) is 0 Å². The Hall–Kier alpha value is -1.74. The first-order valence-electron chi connectivity index (χ1n) is 9.08. The second-order valence-electron chi connectivity index (χ2n) is 6.55. The topological polar surface area (TPSA) is 69.7 Å². The van der Waals surface area contributed by atoms with Gasteiger partial charge in [0.1, 0.15) is 0 Å². The van der Waals surface area contributed by atoms with Gasteiger partial charge in [0, 0.05) is 37.6 Å². The zero-order valence-corrected chi connectivity index (χ0v) is 17.0. The molecule has 1 amide bonds. The van der Waals surface area contributed by atoms with Gasteiger partial charge in [-0.25, -0.2) is 8.42 Å². The Morgan fingerprint density at radius 3 is 2.44 bits per heavy atom. The molecule has 0 spiro atoms. The lowest BCUT2D eigenvalue weighted by Gasteiger charge is -2.36. The number of carbonyl (C=O) groups is 1.